The van der Waals surface area contributed by atoms with Crippen LogP contribution in [0.4, 0.5) is 0 Å². The Labute approximate surface area is 210 Å². The summed E-state index contributed by atoms with van der Waals surface area (Å²) in [6.45, 7) is 8.93. The first-order chi connectivity index (χ1) is 15.1. The predicted molar refractivity (Wildman–Crippen MR) is 142 cm³/mol. The second kappa shape index (κ2) is 13.7. The van der Waals surface area contributed by atoms with Crippen LogP contribution in [0.25, 0.3) is 0 Å². The molecular formula is C24H39IN6O. The molecule has 1 unspecified atom stereocenters. The van der Waals surface area contributed by atoms with Gasteiger partial charge in [0.15, 0.2) is 5.96 Å². The molecule has 0 spiro atoms. The third kappa shape index (κ3) is 7.37. The van der Waals surface area contributed by atoms with E-state index in [0.29, 0.717) is 0 Å². The van der Waals surface area contributed by atoms with Crippen molar-refractivity contribution in [3.05, 3.63) is 47.3 Å². The van der Waals surface area contributed by atoms with Gasteiger partial charge in [-0.05, 0) is 58.3 Å². The van der Waals surface area contributed by atoms with Crippen LogP contribution in [-0.2, 0) is 6.54 Å². The van der Waals surface area contributed by atoms with Crippen molar-refractivity contribution in [3.63, 3.8) is 0 Å². The molecule has 2 aromatic rings. The number of likely N-dealkylation sites (tertiary alicyclic amines) is 1. The van der Waals surface area contributed by atoms with E-state index in [4.69, 9.17) is 4.74 Å². The molecule has 1 aliphatic rings. The fourth-order valence-electron chi connectivity index (χ4n) is 4.36. The van der Waals surface area contributed by atoms with Crippen LogP contribution in [-0.4, -0.2) is 61.0 Å². The lowest BCUT2D eigenvalue weighted by Gasteiger charge is -2.35. The normalized spacial score (nSPS) is 15.7. The van der Waals surface area contributed by atoms with Crippen molar-refractivity contribution in [2.24, 2.45) is 4.99 Å². The molecule has 1 aliphatic heterocycles. The Morgan fingerprint density at radius 3 is 2.56 bits per heavy atom. The van der Waals surface area contributed by atoms with Crippen molar-refractivity contribution >= 4 is 29.9 Å². The highest BCUT2D eigenvalue weighted by atomic mass is 127. The zero-order valence-corrected chi connectivity index (χ0v) is 22.3. The molecule has 1 fully saturated rings. The van der Waals surface area contributed by atoms with Gasteiger partial charge in [-0.25, -0.2) is 0 Å². The summed E-state index contributed by atoms with van der Waals surface area (Å²) in [7, 11) is 3.58. The number of aryl methyl sites for hydroxylation is 3. The molecule has 3 rings (SSSR count). The fraction of sp³-hybridized carbons (Fsp3) is 0.583. The molecule has 2 N–H and O–H groups in total. The van der Waals surface area contributed by atoms with E-state index in [1.807, 2.05) is 20.0 Å². The SMILES string of the molecule is CN=C(NCCCn1nc(C)cc1C)NCC(c1ccccc1OC)N1CCCCC1.I. The smallest absolute Gasteiger partial charge is 0.191 e. The standard InChI is InChI=1S/C24H38N6O.HI/c1-19-17-20(2)30(28-19)16-10-13-26-24(25-3)27-18-22(29-14-8-5-9-15-29)21-11-6-7-12-23(21)31-4;/h6-7,11-12,17,22H,5,8-10,13-16,18H2,1-4H3,(H2,25,26,27);1H. The molecule has 1 atom stereocenters. The van der Waals surface area contributed by atoms with Crippen molar-refractivity contribution in [1.82, 2.24) is 25.3 Å². The van der Waals surface area contributed by atoms with E-state index < -0.39 is 0 Å². The number of nitrogens with one attached hydrogen (secondary N) is 2. The first-order valence-corrected chi connectivity index (χ1v) is 11.4. The van der Waals surface area contributed by atoms with Crippen molar-refractivity contribution in [1.29, 1.82) is 0 Å². The van der Waals surface area contributed by atoms with Gasteiger partial charge < -0.3 is 15.4 Å². The topological polar surface area (TPSA) is 66.7 Å². The zero-order chi connectivity index (χ0) is 22.1. The highest BCUT2D eigenvalue weighted by Gasteiger charge is 2.25. The number of methoxy groups -OCH3 is 1. The number of guanidine groups is 1. The van der Waals surface area contributed by atoms with Gasteiger partial charge in [-0.3, -0.25) is 14.6 Å². The van der Waals surface area contributed by atoms with E-state index in [2.05, 4.69) is 61.5 Å². The molecule has 8 heteroatoms. The number of hydrogen-bond acceptors (Lipinski definition) is 4. The third-order valence-corrected chi connectivity index (χ3v) is 5.96. The molecule has 7 nitrogen and oxygen atoms in total. The van der Waals surface area contributed by atoms with Crippen LogP contribution < -0.4 is 15.4 Å². The van der Waals surface area contributed by atoms with Crippen molar-refractivity contribution in [2.75, 3.05) is 40.3 Å². The highest BCUT2D eigenvalue weighted by molar-refractivity contribution is 14.0. The van der Waals surface area contributed by atoms with Crippen molar-refractivity contribution in [3.8, 4) is 5.75 Å². The minimum absolute atomic E-state index is 0. The number of aliphatic imine (C=N–C) groups is 1. The number of ether oxygens (including phenoxy) is 1. The molecule has 0 bridgehead atoms. The zero-order valence-electron chi connectivity index (χ0n) is 19.9. The van der Waals surface area contributed by atoms with E-state index >= 15 is 0 Å². The van der Waals surface area contributed by atoms with Gasteiger partial charge in [-0.2, -0.15) is 5.10 Å². The van der Waals surface area contributed by atoms with Crippen LogP contribution in [0.3, 0.4) is 0 Å². The van der Waals surface area contributed by atoms with Crippen LogP contribution in [0.15, 0.2) is 35.3 Å². The van der Waals surface area contributed by atoms with Crippen LogP contribution in [0.1, 0.15) is 48.7 Å². The number of benzene rings is 1. The second-order valence-electron chi connectivity index (χ2n) is 8.24. The van der Waals surface area contributed by atoms with Gasteiger partial charge in [0, 0.05) is 37.9 Å². The number of rotatable bonds is 9. The van der Waals surface area contributed by atoms with Crippen LogP contribution in [0.5, 0.6) is 5.75 Å². The Hall–Kier alpha value is -1.81. The molecule has 1 aromatic heterocycles. The number of hydrogen-bond donors (Lipinski definition) is 2. The summed E-state index contributed by atoms with van der Waals surface area (Å²) in [5, 5.41) is 11.5. The van der Waals surface area contributed by atoms with Crippen molar-refractivity contribution < 1.29 is 4.74 Å². The van der Waals surface area contributed by atoms with Gasteiger partial charge >= 0.3 is 0 Å². The van der Waals surface area contributed by atoms with Gasteiger partial charge in [0.1, 0.15) is 5.75 Å². The summed E-state index contributed by atoms with van der Waals surface area (Å²) in [6, 6.07) is 10.7. The summed E-state index contributed by atoms with van der Waals surface area (Å²) in [5.74, 6) is 1.79. The summed E-state index contributed by atoms with van der Waals surface area (Å²) < 4.78 is 7.75. The molecule has 1 aromatic carbocycles. The molecule has 2 heterocycles. The molecule has 0 aliphatic carbocycles. The summed E-state index contributed by atoms with van der Waals surface area (Å²) in [5.41, 5.74) is 3.52. The third-order valence-electron chi connectivity index (χ3n) is 5.96. The second-order valence-corrected chi connectivity index (χ2v) is 8.24. The highest BCUT2D eigenvalue weighted by Crippen LogP contribution is 2.30. The number of aromatic nitrogens is 2. The fourth-order valence-corrected chi connectivity index (χ4v) is 4.36. The number of piperidine rings is 1. The Bertz CT molecular complexity index is 847. The number of para-hydroxylation sites is 1. The van der Waals surface area contributed by atoms with E-state index in [-0.39, 0.29) is 30.0 Å². The minimum Gasteiger partial charge on any atom is -0.496 e. The van der Waals surface area contributed by atoms with Crippen LogP contribution in [0.2, 0.25) is 0 Å². The molecule has 0 saturated carbocycles. The maximum absolute atomic E-state index is 5.67. The van der Waals surface area contributed by atoms with E-state index in [1.54, 1.807) is 7.11 Å². The van der Waals surface area contributed by atoms with Gasteiger partial charge in [-0.1, -0.05) is 24.6 Å². The largest absolute Gasteiger partial charge is 0.496 e. The summed E-state index contributed by atoms with van der Waals surface area (Å²) in [4.78, 5) is 7.00. The quantitative estimate of drug-likeness (QED) is 0.213. The predicted octanol–water partition coefficient (Wildman–Crippen LogP) is 3.91. The number of halogens is 1. The van der Waals surface area contributed by atoms with E-state index in [9.17, 15) is 0 Å². The van der Waals surface area contributed by atoms with Gasteiger partial charge in [0.25, 0.3) is 0 Å². The lowest BCUT2D eigenvalue weighted by molar-refractivity contribution is 0.161. The average molecular weight is 555 g/mol. The summed E-state index contributed by atoms with van der Waals surface area (Å²) >= 11 is 0. The van der Waals surface area contributed by atoms with Crippen LogP contribution in [0, 0.1) is 13.8 Å². The molecule has 32 heavy (non-hydrogen) atoms. The average Bonchev–Trinajstić information content (AvgIpc) is 3.13. The molecule has 0 radical (unpaired) electrons. The molecular weight excluding hydrogens is 515 g/mol. The lowest BCUT2D eigenvalue weighted by Crippen LogP contribution is -2.44. The number of nitrogens with zero attached hydrogens (tertiary/aromatic N) is 4. The first-order valence-electron chi connectivity index (χ1n) is 11.4. The Kier molecular flexibility index (Phi) is 11.3. The Balaban J connectivity index is 0.00000363. The van der Waals surface area contributed by atoms with Crippen LogP contribution >= 0.6 is 24.0 Å². The molecule has 0 amide bonds. The van der Waals surface area contributed by atoms with Gasteiger partial charge in [0.2, 0.25) is 0 Å². The molecule has 1 saturated heterocycles. The van der Waals surface area contributed by atoms with E-state index in [1.165, 1.54) is 30.5 Å². The first kappa shape index (κ1) is 26.4. The molecule has 178 valence electrons. The van der Waals surface area contributed by atoms with E-state index in [0.717, 1.165) is 56.5 Å². The monoisotopic (exact) mass is 554 g/mol. The minimum atomic E-state index is 0. The summed E-state index contributed by atoms with van der Waals surface area (Å²) in [6.07, 6.45) is 4.82. The lowest BCUT2D eigenvalue weighted by atomic mass is 10.0. The van der Waals surface area contributed by atoms with Crippen molar-refractivity contribution in [2.45, 2.75) is 52.1 Å². The Morgan fingerprint density at radius 1 is 1.16 bits per heavy atom. The maximum Gasteiger partial charge on any atom is 0.191 e. The van der Waals surface area contributed by atoms with Gasteiger partial charge in [0.05, 0.1) is 18.8 Å². The maximum atomic E-state index is 5.67. The Morgan fingerprint density at radius 2 is 1.91 bits per heavy atom. The van der Waals surface area contributed by atoms with Gasteiger partial charge in [-0.15, -0.1) is 24.0 Å².